The van der Waals surface area contributed by atoms with E-state index in [0.29, 0.717) is 0 Å². The van der Waals surface area contributed by atoms with Crippen LogP contribution in [0.2, 0.25) is 0 Å². The van der Waals surface area contributed by atoms with E-state index >= 15 is 0 Å². The number of anilines is 2. The number of aryl methyl sites for hydroxylation is 1. The van der Waals surface area contributed by atoms with Crippen molar-refractivity contribution >= 4 is 22.3 Å². The van der Waals surface area contributed by atoms with Crippen LogP contribution in [0.3, 0.4) is 0 Å². The van der Waals surface area contributed by atoms with Gasteiger partial charge in [-0.25, -0.2) is 4.39 Å². The first kappa shape index (κ1) is 12.4. The molecule has 3 rings (SSSR count). The van der Waals surface area contributed by atoms with E-state index in [1.807, 2.05) is 25.1 Å². The van der Waals surface area contributed by atoms with Gasteiger partial charge in [-0.3, -0.25) is 4.79 Å². The summed E-state index contributed by atoms with van der Waals surface area (Å²) in [5, 5.41) is 4.18. The molecule has 20 heavy (non-hydrogen) atoms. The van der Waals surface area contributed by atoms with Crippen molar-refractivity contribution in [2.45, 2.75) is 6.92 Å². The molecule has 0 saturated carbocycles. The second-order valence-corrected chi connectivity index (χ2v) is 4.71. The van der Waals surface area contributed by atoms with Crippen LogP contribution < -0.4 is 10.9 Å². The summed E-state index contributed by atoms with van der Waals surface area (Å²) in [5.74, 6) is -0.269. The predicted octanol–water partition coefficient (Wildman–Crippen LogP) is 3.72. The van der Waals surface area contributed by atoms with E-state index in [-0.39, 0.29) is 11.4 Å². The van der Waals surface area contributed by atoms with Crippen LogP contribution in [0.25, 0.3) is 10.9 Å². The Labute approximate surface area is 115 Å². The number of benzene rings is 2. The summed E-state index contributed by atoms with van der Waals surface area (Å²) in [5.41, 5.74) is 3.24. The molecule has 0 aliphatic heterocycles. The summed E-state index contributed by atoms with van der Waals surface area (Å²) in [4.78, 5) is 14.3. The van der Waals surface area contributed by atoms with Gasteiger partial charge < -0.3 is 10.3 Å². The van der Waals surface area contributed by atoms with Gasteiger partial charge in [0.2, 0.25) is 5.56 Å². The molecule has 0 saturated heterocycles. The molecule has 1 heterocycles. The van der Waals surface area contributed by atoms with Crippen molar-refractivity contribution < 1.29 is 4.39 Å². The topological polar surface area (TPSA) is 44.9 Å². The van der Waals surface area contributed by atoms with Gasteiger partial charge in [-0.1, -0.05) is 6.07 Å². The maximum Gasteiger partial charge on any atom is 0.248 e. The van der Waals surface area contributed by atoms with Gasteiger partial charge in [-0.05, 0) is 48.9 Å². The molecular formula is C16H13FN2O. The zero-order valence-electron chi connectivity index (χ0n) is 10.9. The Morgan fingerprint density at radius 1 is 1.00 bits per heavy atom. The van der Waals surface area contributed by atoms with Gasteiger partial charge in [-0.15, -0.1) is 0 Å². The zero-order valence-corrected chi connectivity index (χ0v) is 10.9. The van der Waals surface area contributed by atoms with Crippen molar-refractivity contribution in [1.29, 1.82) is 0 Å². The summed E-state index contributed by atoms with van der Waals surface area (Å²) in [6.45, 7) is 1.91. The number of rotatable bonds is 2. The molecule has 2 aromatic carbocycles. The average molecular weight is 268 g/mol. The summed E-state index contributed by atoms with van der Waals surface area (Å²) in [7, 11) is 0. The number of hydrogen-bond donors (Lipinski definition) is 2. The summed E-state index contributed by atoms with van der Waals surface area (Å²) < 4.78 is 12.9. The van der Waals surface area contributed by atoms with E-state index in [0.717, 1.165) is 27.8 Å². The largest absolute Gasteiger partial charge is 0.355 e. The lowest BCUT2D eigenvalue weighted by atomic mass is 10.1. The van der Waals surface area contributed by atoms with Gasteiger partial charge in [0, 0.05) is 22.8 Å². The molecular weight excluding hydrogens is 255 g/mol. The Morgan fingerprint density at radius 2 is 1.70 bits per heavy atom. The van der Waals surface area contributed by atoms with Crippen molar-refractivity contribution in [3.8, 4) is 0 Å². The fourth-order valence-corrected chi connectivity index (χ4v) is 2.21. The second-order valence-electron chi connectivity index (χ2n) is 4.71. The molecule has 1 aromatic heterocycles. The molecule has 0 aliphatic rings. The lowest BCUT2D eigenvalue weighted by Crippen LogP contribution is -2.05. The van der Waals surface area contributed by atoms with Crippen LogP contribution in [0.5, 0.6) is 0 Å². The number of halogens is 1. The lowest BCUT2D eigenvalue weighted by molar-refractivity contribution is 0.628. The molecule has 0 aliphatic carbocycles. The fourth-order valence-electron chi connectivity index (χ4n) is 2.21. The standard InChI is InChI=1S/C16H13FN2O/c1-10-8-16(20)19-15-9-13(6-7-14(10)15)18-12-4-2-11(17)3-5-12/h2-9,18H,1H3,(H,19,20). The quantitative estimate of drug-likeness (QED) is 0.744. The average Bonchev–Trinajstić information content (AvgIpc) is 2.41. The Hall–Kier alpha value is -2.62. The number of pyridine rings is 1. The molecule has 4 heteroatoms. The number of fused-ring (bicyclic) bond motifs is 1. The number of aromatic amines is 1. The number of hydrogen-bond acceptors (Lipinski definition) is 2. The molecule has 3 nitrogen and oxygen atoms in total. The Kier molecular flexibility index (Phi) is 2.99. The Morgan fingerprint density at radius 3 is 2.45 bits per heavy atom. The number of aromatic nitrogens is 1. The highest BCUT2D eigenvalue weighted by molar-refractivity contribution is 5.85. The Bertz CT molecular complexity index is 822. The van der Waals surface area contributed by atoms with Crippen LogP contribution in [0.1, 0.15) is 5.56 Å². The van der Waals surface area contributed by atoms with Gasteiger partial charge in [0.25, 0.3) is 0 Å². The van der Waals surface area contributed by atoms with E-state index < -0.39 is 0 Å². The molecule has 0 amide bonds. The molecule has 3 aromatic rings. The summed E-state index contributed by atoms with van der Waals surface area (Å²) >= 11 is 0. The van der Waals surface area contributed by atoms with Crippen LogP contribution in [0, 0.1) is 12.7 Å². The summed E-state index contributed by atoms with van der Waals surface area (Å²) in [6, 6.07) is 13.5. The fraction of sp³-hybridized carbons (Fsp3) is 0.0625. The molecule has 0 bridgehead atoms. The van der Waals surface area contributed by atoms with Crippen LogP contribution in [-0.2, 0) is 0 Å². The van der Waals surface area contributed by atoms with E-state index in [9.17, 15) is 9.18 Å². The van der Waals surface area contributed by atoms with Crippen LogP contribution in [0.4, 0.5) is 15.8 Å². The minimum atomic E-state index is -0.269. The normalized spacial score (nSPS) is 10.7. The zero-order chi connectivity index (χ0) is 14.1. The van der Waals surface area contributed by atoms with Gasteiger partial charge in [-0.2, -0.15) is 0 Å². The first-order valence-electron chi connectivity index (χ1n) is 6.28. The highest BCUT2D eigenvalue weighted by Gasteiger charge is 2.02. The van der Waals surface area contributed by atoms with Crippen molar-refractivity contribution in [2.75, 3.05) is 5.32 Å². The smallest absolute Gasteiger partial charge is 0.248 e. The molecule has 0 spiro atoms. The second kappa shape index (κ2) is 4.81. The van der Waals surface area contributed by atoms with E-state index in [1.165, 1.54) is 12.1 Å². The Balaban J connectivity index is 2.00. The van der Waals surface area contributed by atoms with Crippen LogP contribution in [-0.4, -0.2) is 4.98 Å². The lowest BCUT2D eigenvalue weighted by Gasteiger charge is -2.08. The van der Waals surface area contributed by atoms with Crippen molar-refractivity contribution in [2.24, 2.45) is 0 Å². The van der Waals surface area contributed by atoms with E-state index in [2.05, 4.69) is 10.3 Å². The van der Waals surface area contributed by atoms with E-state index in [1.54, 1.807) is 18.2 Å². The predicted molar refractivity (Wildman–Crippen MR) is 79.0 cm³/mol. The van der Waals surface area contributed by atoms with Gasteiger partial charge >= 0.3 is 0 Å². The van der Waals surface area contributed by atoms with Gasteiger partial charge in [0.05, 0.1) is 5.52 Å². The molecule has 0 atom stereocenters. The minimum Gasteiger partial charge on any atom is -0.355 e. The number of H-pyrrole nitrogens is 1. The van der Waals surface area contributed by atoms with Crippen LogP contribution >= 0.6 is 0 Å². The number of nitrogens with one attached hydrogen (secondary N) is 2. The van der Waals surface area contributed by atoms with Crippen molar-refractivity contribution in [3.63, 3.8) is 0 Å². The minimum absolute atomic E-state index is 0.117. The van der Waals surface area contributed by atoms with Crippen molar-refractivity contribution in [1.82, 2.24) is 4.98 Å². The van der Waals surface area contributed by atoms with Gasteiger partial charge in [0.1, 0.15) is 5.82 Å². The molecule has 0 fully saturated rings. The monoisotopic (exact) mass is 268 g/mol. The van der Waals surface area contributed by atoms with E-state index in [4.69, 9.17) is 0 Å². The SMILES string of the molecule is Cc1cc(=O)[nH]c2cc(Nc3ccc(F)cc3)ccc12. The molecule has 0 unspecified atom stereocenters. The highest BCUT2D eigenvalue weighted by atomic mass is 19.1. The van der Waals surface area contributed by atoms with Crippen molar-refractivity contribution in [3.05, 3.63) is 70.3 Å². The third-order valence-corrected chi connectivity index (χ3v) is 3.18. The van der Waals surface area contributed by atoms with Crippen LogP contribution in [0.15, 0.2) is 53.3 Å². The maximum atomic E-state index is 12.9. The third-order valence-electron chi connectivity index (χ3n) is 3.18. The highest BCUT2D eigenvalue weighted by Crippen LogP contribution is 2.22. The first-order valence-corrected chi connectivity index (χ1v) is 6.28. The molecule has 2 N–H and O–H groups in total. The third kappa shape index (κ3) is 2.40. The molecule has 100 valence electrons. The molecule has 0 radical (unpaired) electrons. The maximum absolute atomic E-state index is 12.9. The first-order chi connectivity index (χ1) is 9.61. The van der Waals surface area contributed by atoms with Gasteiger partial charge in [0.15, 0.2) is 0 Å². The summed E-state index contributed by atoms with van der Waals surface area (Å²) in [6.07, 6.45) is 0.